The Kier molecular flexibility index (Phi) is 7.20. The molecule has 146 valence electrons. The molecule has 2 heterocycles. The molecule has 1 aromatic heterocycles. The first-order chi connectivity index (χ1) is 13.2. The van der Waals surface area contributed by atoms with E-state index < -0.39 is 0 Å². The molecule has 1 fully saturated rings. The van der Waals surface area contributed by atoms with Crippen LogP contribution < -0.4 is 5.32 Å². The summed E-state index contributed by atoms with van der Waals surface area (Å²) in [6.07, 6.45) is 0. The second-order valence-electron chi connectivity index (χ2n) is 6.77. The van der Waals surface area contributed by atoms with Crippen LogP contribution in [0, 0.1) is 6.92 Å². The van der Waals surface area contributed by atoms with Crippen LogP contribution in [0.2, 0.25) is 0 Å². The number of nitrogens with zero attached hydrogens (tertiary/aromatic N) is 4. The van der Waals surface area contributed by atoms with Gasteiger partial charge in [0, 0.05) is 45.7 Å². The van der Waals surface area contributed by atoms with E-state index in [1.54, 1.807) is 11.3 Å². The molecule has 1 saturated heterocycles. The van der Waals surface area contributed by atoms with Crippen molar-refractivity contribution in [3.05, 3.63) is 51.5 Å². The normalized spacial score (nSPS) is 15.7. The van der Waals surface area contributed by atoms with Crippen LogP contribution in [0.25, 0.3) is 0 Å². The Morgan fingerprint density at radius 2 is 2.04 bits per heavy atom. The van der Waals surface area contributed by atoms with Gasteiger partial charge in [-0.05, 0) is 18.1 Å². The van der Waals surface area contributed by atoms with Gasteiger partial charge < -0.3 is 15.0 Å². The van der Waals surface area contributed by atoms with Crippen molar-refractivity contribution in [3.63, 3.8) is 0 Å². The molecule has 0 spiro atoms. The van der Waals surface area contributed by atoms with Gasteiger partial charge in [-0.25, -0.2) is 4.98 Å². The summed E-state index contributed by atoms with van der Waals surface area (Å²) in [7, 11) is 3.87. The lowest BCUT2D eigenvalue weighted by molar-refractivity contribution is 0.0341. The van der Waals surface area contributed by atoms with E-state index in [-0.39, 0.29) is 0 Å². The Bertz CT molecular complexity index is 754. The molecule has 27 heavy (non-hydrogen) atoms. The monoisotopic (exact) mass is 387 g/mol. The van der Waals surface area contributed by atoms with Crippen LogP contribution in [0.5, 0.6) is 0 Å². The van der Waals surface area contributed by atoms with Crippen LogP contribution in [-0.2, 0) is 24.4 Å². The zero-order valence-corrected chi connectivity index (χ0v) is 17.3. The fraction of sp³-hybridized carbons (Fsp3) is 0.500. The largest absolute Gasteiger partial charge is 0.379 e. The van der Waals surface area contributed by atoms with E-state index in [0.29, 0.717) is 0 Å². The lowest BCUT2D eigenvalue weighted by Crippen LogP contribution is -2.38. The maximum atomic E-state index is 5.46. The average molecular weight is 388 g/mol. The predicted molar refractivity (Wildman–Crippen MR) is 111 cm³/mol. The number of ether oxygens (including phenoxy) is 1. The highest BCUT2D eigenvalue weighted by atomic mass is 32.1. The SMILES string of the molecule is CN=C(NCc1ccccc1CN1CCOCC1)N(C)Cc1csc(C)n1. The first-order valence-electron chi connectivity index (χ1n) is 9.35. The summed E-state index contributed by atoms with van der Waals surface area (Å²) in [5.74, 6) is 0.877. The Morgan fingerprint density at radius 1 is 1.30 bits per heavy atom. The molecule has 0 radical (unpaired) electrons. The number of nitrogens with one attached hydrogen (secondary N) is 1. The van der Waals surface area contributed by atoms with E-state index >= 15 is 0 Å². The van der Waals surface area contributed by atoms with Gasteiger partial charge in [-0.1, -0.05) is 24.3 Å². The lowest BCUT2D eigenvalue weighted by atomic mass is 10.1. The van der Waals surface area contributed by atoms with Gasteiger partial charge in [-0.2, -0.15) is 0 Å². The second kappa shape index (κ2) is 9.82. The molecule has 0 amide bonds. The number of benzene rings is 1. The van der Waals surface area contributed by atoms with E-state index in [1.165, 1.54) is 11.1 Å². The van der Waals surface area contributed by atoms with Crippen molar-refractivity contribution in [1.82, 2.24) is 20.1 Å². The number of guanidine groups is 1. The Hall–Kier alpha value is -1.96. The zero-order valence-electron chi connectivity index (χ0n) is 16.4. The summed E-state index contributed by atoms with van der Waals surface area (Å²) < 4.78 is 5.46. The predicted octanol–water partition coefficient (Wildman–Crippen LogP) is 2.49. The number of thiazole rings is 1. The summed E-state index contributed by atoms with van der Waals surface area (Å²) in [4.78, 5) is 13.5. The number of morpholine rings is 1. The molecule has 3 rings (SSSR count). The molecule has 0 atom stereocenters. The van der Waals surface area contributed by atoms with Crippen LogP contribution in [0.15, 0.2) is 34.6 Å². The van der Waals surface area contributed by atoms with Crippen molar-refractivity contribution in [2.45, 2.75) is 26.6 Å². The van der Waals surface area contributed by atoms with E-state index in [1.807, 2.05) is 21.0 Å². The molecule has 1 aliphatic heterocycles. The summed E-state index contributed by atoms with van der Waals surface area (Å²) in [5, 5.41) is 6.70. The molecule has 0 bridgehead atoms. The smallest absolute Gasteiger partial charge is 0.194 e. The fourth-order valence-corrected chi connectivity index (χ4v) is 3.85. The minimum atomic E-state index is 0.749. The van der Waals surface area contributed by atoms with Crippen LogP contribution >= 0.6 is 11.3 Å². The molecule has 6 nitrogen and oxygen atoms in total. The molecule has 1 aromatic carbocycles. The van der Waals surface area contributed by atoms with Crippen LogP contribution in [0.3, 0.4) is 0 Å². The Balaban J connectivity index is 1.59. The molecule has 0 aliphatic carbocycles. The average Bonchev–Trinajstić information content (AvgIpc) is 3.09. The number of hydrogen-bond donors (Lipinski definition) is 1. The van der Waals surface area contributed by atoms with E-state index in [4.69, 9.17) is 4.74 Å². The van der Waals surface area contributed by atoms with E-state index in [2.05, 4.69) is 54.7 Å². The highest BCUT2D eigenvalue weighted by Gasteiger charge is 2.14. The van der Waals surface area contributed by atoms with Gasteiger partial charge in [-0.3, -0.25) is 9.89 Å². The highest BCUT2D eigenvalue weighted by molar-refractivity contribution is 7.09. The molecule has 0 saturated carbocycles. The van der Waals surface area contributed by atoms with Gasteiger partial charge in [0.15, 0.2) is 5.96 Å². The van der Waals surface area contributed by atoms with E-state index in [0.717, 1.165) is 62.6 Å². The third-order valence-electron chi connectivity index (χ3n) is 4.69. The molecule has 0 unspecified atom stereocenters. The third-order valence-corrected chi connectivity index (χ3v) is 5.51. The number of hydrogen-bond acceptors (Lipinski definition) is 5. The van der Waals surface area contributed by atoms with Gasteiger partial charge in [0.25, 0.3) is 0 Å². The van der Waals surface area contributed by atoms with Crippen LogP contribution in [-0.4, -0.2) is 61.1 Å². The highest BCUT2D eigenvalue weighted by Crippen LogP contribution is 2.14. The van der Waals surface area contributed by atoms with Crippen LogP contribution in [0.1, 0.15) is 21.8 Å². The quantitative estimate of drug-likeness (QED) is 0.610. The summed E-state index contributed by atoms with van der Waals surface area (Å²) in [6.45, 7) is 8.16. The van der Waals surface area contributed by atoms with Crippen molar-refractivity contribution in [2.75, 3.05) is 40.4 Å². The second-order valence-corrected chi connectivity index (χ2v) is 7.83. The number of aromatic nitrogens is 1. The van der Waals surface area contributed by atoms with Crippen molar-refractivity contribution in [2.24, 2.45) is 4.99 Å². The number of aliphatic imine (C=N–C) groups is 1. The standard InChI is InChI=1S/C20H29N5OS/c1-16-23-19(15-27-16)14-24(3)20(21-2)22-12-17-6-4-5-7-18(17)13-25-8-10-26-11-9-25/h4-7,15H,8-14H2,1-3H3,(H,21,22). The minimum absolute atomic E-state index is 0.749. The molecular weight excluding hydrogens is 358 g/mol. The van der Waals surface area contributed by atoms with Gasteiger partial charge in [0.05, 0.1) is 30.5 Å². The van der Waals surface area contributed by atoms with Gasteiger partial charge in [0.2, 0.25) is 0 Å². The summed E-state index contributed by atoms with van der Waals surface area (Å²) >= 11 is 1.68. The first kappa shape index (κ1) is 19.8. The molecular formula is C20H29N5OS. The Morgan fingerprint density at radius 3 is 2.70 bits per heavy atom. The number of rotatable bonds is 6. The molecule has 7 heteroatoms. The van der Waals surface area contributed by atoms with Crippen molar-refractivity contribution >= 4 is 17.3 Å². The minimum Gasteiger partial charge on any atom is -0.379 e. The van der Waals surface area contributed by atoms with Crippen molar-refractivity contribution in [1.29, 1.82) is 0 Å². The molecule has 1 aliphatic rings. The van der Waals surface area contributed by atoms with Crippen molar-refractivity contribution in [3.8, 4) is 0 Å². The number of aryl methyl sites for hydroxylation is 1. The van der Waals surface area contributed by atoms with Gasteiger partial charge in [-0.15, -0.1) is 11.3 Å². The maximum absolute atomic E-state index is 5.46. The van der Waals surface area contributed by atoms with Crippen molar-refractivity contribution < 1.29 is 4.74 Å². The third kappa shape index (κ3) is 5.76. The molecule has 2 aromatic rings. The summed E-state index contributed by atoms with van der Waals surface area (Å²) in [6, 6.07) is 8.63. The fourth-order valence-electron chi connectivity index (χ4n) is 3.24. The van der Waals surface area contributed by atoms with Crippen LogP contribution in [0.4, 0.5) is 0 Å². The molecule has 1 N–H and O–H groups in total. The topological polar surface area (TPSA) is 53.0 Å². The summed E-state index contributed by atoms with van der Waals surface area (Å²) in [5.41, 5.74) is 3.75. The lowest BCUT2D eigenvalue weighted by Gasteiger charge is -2.27. The Labute approximate surface area is 165 Å². The maximum Gasteiger partial charge on any atom is 0.194 e. The first-order valence-corrected chi connectivity index (χ1v) is 10.2. The van der Waals surface area contributed by atoms with E-state index in [9.17, 15) is 0 Å². The van der Waals surface area contributed by atoms with Gasteiger partial charge in [0.1, 0.15) is 0 Å². The zero-order chi connectivity index (χ0) is 19.1. The van der Waals surface area contributed by atoms with Gasteiger partial charge >= 0.3 is 0 Å².